The number of nitrogens with zero attached hydrogens (tertiary/aromatic N) is 2. The second-order valence-corrected chi connectivity index (χ2v) is 6.17. The van der Waals surface area contributed by atoms with Crippen molar-refractivity contribution in [2.45, 2.75) is 13.5 Å². The first-order chi connectivity index (χ1) is 13.2. The van der Waals surface area contributed by atoms with Gasteiger partial charge in [-0.1, -0.05) is 12.1 Å². The number of urea groups is 1. The smallest absolute Gasteiger partial charge is 0.338 e. The first kappa shape index (κ1) is 16.9. The molecule has 0 spiro atoms. The van der Waals surface area contributed by atoms with Gasteiger partial charge in [-0.05, 0) is 55.5 Å². The number of ether oxygens (including phenoxy) is 1. The van der Waals surface area contributed by atoms with Crippen LogP contribution in [0.1, 0.15) is 23.0 Å². The number of benzene rings is 2. The Labute approximate surface area is 157 Å². The second-order valence-electron chi connectivity index (χ2n) is 6.17. The summed E-state index contributed by atoms with van der Waals surface area (Å²) in [7, 11) is 0. The number of anilines is 2. The number of esters is 1. The number of aromatic nitrogens is 1. The molecule has 0 unspecified atom stereocenters. The highest BCUT2D eigenvalue weighted by Gasteiger charge is 2.25. The molecule has 0 saturated carbocycles. The van der Waals surface area contributed by atoms with Gasteiger partial charge in [-0.25, -0.2) is 9.59 Å². The monoisotopic (exact) mass is 361 g/mol. The summed E-state index contributed by atoms with van der Waals surface area (Å²) in [5.74, 6) is -0.374. The highest BCUT2D eigenvalue weighted by molar-refractivity contribution is 6.03. The van der Waals surface area contributed by atoms with E-state index in [2.05, 4.69) is 9.88 Å². The average molecular weight is 361 g/mol. The Hall–Kier alpha value is -3.54. The van der Waals surface area contributed by atoms with E-state index in [9.17, 15) is 9.59 Å². The molecule has 1 aromatic heterocycles. The van der Waals surface area contributed by atoms with Gasteiger partial charge in [-0.15, -0.1) is 0 Å². The van der Waals surface area contributed by atoms with Gasteiger partial charge in [0.25, 0.3) is 0 Å². The summed E-state index contributed by atoms with van der Waals surface area (Å²) in [5.41, 5.74) is 3.93. The van der Waals surface area contributed by atoms with Crippen molar-refractivity contribution >= 4 is 23.4 Å². The highest BCUT2D eigenvalue weighted by atomic mass is 16.5. The number of hydrogen-bond acceptors (Lipinski definition) is 3. The number of carbonyl (C=O) groups is 2. The van der Waals surface area contributed by atoms with E-state index < -0.39 is 0 Å². The van der Waals surface area contributed by atoms with Crippen LogP contribution in [0.2, 0.25) is 0 Å². The van der Waals surface area contributed by atoms with Crippen LogP contribution in [0, 0.1) is 0 Å². The van der Waals surface area contributed by atoms with Crippen LogP contribution in [0.4, 0.5) is 16.2 Å². The van der Waals surface area contributed by atoms with Crippen molar-refractivity contribution in [2.75, 3.05) is 16.8 Å². The minimum atomic E-state index is -0.374. The molecule has 27 heavy (non-hydrogen) atoms. The Morgan fingerprint density at radius 2 is 1.74 bits per heavy atom. The largest absolute Gasteiger partial charge is 0.462 e. The molecule has 2 amide bonds. The van der Waals surface area contributed by atoms with Crippen LogP contribution in [-0.2, 0) is 11.3 Å². The van der Waals surface area contributed by atoms with Crippen LogP contribution in [0.25, 0.3) is 5.69 Å². The summed E-state index contributed by atoms with van der Waals surface area (Å²) < 4.78 is 7.06. The lowest BCUT2D eigenvalue weighted by Crippen LogP contribution is -2.38. The molecule has 3 aromatic rings. The first-order valence-electron chi connectivity index (χ1n) is 8.78. The van der Waals surface area contributed by atoms with Gasteiger partial charge in [0.1, 0.15) is 0 Å². The van der Waals surface area contributed by atoms with Crippen molar-refractivity contribution in [1.29, 1.82) is 0 Å². The molecule has 6 nitrogen and oxygen atoms in total. The molecule has 136 valence electrons. The number of nitrogens with one attached hydrogen (secondary N) is 1. The average Bonchev–Trinajstić information content (AvgIpc) is 3.17. The lowest BCUT2D eigenvalue weighted by Gasteiger charge is -2.31. The molecule has 0 bridgehead atoms. The minimum Gasteiger partial charge on any atom is -0.462 e. The third-order valence-electron chi connectivity index (χ3n) is 4.48. The molecule has 1 N–H and O–H groups in total. The maximum Gasteiger partial charge on any atom is 0.338 e. The molecule has 6 heteroatoms. The zero-order valence-electron chi connectivity index (χ0n) is 14.9. The Morgan fingerprint density at radius 1 is 1.00 bits per heavy atom. The van der Waals surface area contributed by atoms with Crippen LogP contribution in [0.3, 0.4) is 0 Å². The van der Waals surface area contributed by atoms with E-state index in [1.807, 2.05) is 42.6 Å². The lowest BCUT2D eigenvalue weighted by molar-refractivity contribution is 0.0526. The summed E-state index contributed by atoms with van der Waals surface area (Å²) in [6, 6.07) is 18.2. The molecule has 2 heterocycles. The van der Waals surface area contributed by atoms with Crippen molar-refractivity contribution in [3.05, 3.63) is 78.1 Å². The van der Waals surface area contributed by atoms with Gasteiger partial charge in [-0.3, -0.25) is 4.90 Å². The maximum absolute atomic E-state index is 12.9. The molecule has 0 saturated heterocycles. The summed E-state index contributed by atoms with van der Waals surface area (Å²) in [4.78, 5) is 26.3. The van der Waals surface area contributed by atoms with E-state index >= 15 is 0 Å². The van der Waals surface area contributed by atoms with Gasteiger partial charge in [0.05, 0.1) is 30.1 Å². The lowest BCUT2D eigenvalue weighted by atomic mass is 10.2. The van der Waals surface area contributed by atoms with Crippen LogP contribution in [0.5, 0.6) is 0 Å². The van der Waals surface area contributed by atoms with Gasteiger partial charge in [-0.2, -0.15) is 0 Å². The van der Waals surface area contributed by atoms with E-state index in [0.717, 1.165) is 17.1 Å². The zero-order chi connectivity index (χ0) is 18.8. The quantitative estimate of drug-likeness (QED) is 0.711. The van der Waals surface area contributed by atoms with Crippen molar-refractivity contribution in [3.8, 4) is 5.69 Å². The Balaban J connectivity index is 1.55. The number of para-hydroxylation sites is 2. The van der Waals surface area contributed by atoms with Gasteiger partial charge in [0.15, 0.2) is 0 Å². The van der Waals surface area contributed by atoms with Crippen LogP contribution < -0.4 is 10.2 Å². The molecule has 0 fully saturated rings. The second kappa shape index (κ2) is 6.99. The highest BCUT2D eigenvalue weighted by Crippen LogP contribution is 2.32. The number of fused-ring (bicyclic) bond motifs is 3. The first-order valence-corrected chi connectivity index (χ1v) is 8.78. The van der Waals surface area contributed by atoms with Gasteiger partial charge < -0.3 is 14.6 Å². The van der Waals surface area contributed by atoms with E-state index in [4.69, 9.17) is 4.74 Å². The summed E-state index contributed by atoms with van der Waals surface area (Å²) in [6.45, 7) is 2.57. The Bertz CT molecular complexity index is 992. The Morgan fingerprint density at radius 3 is 2.48 bits per heavy atom. The van der Waals surface area contributed by atoms with E-state index in [1.165, 1.54) is 0 Å². The van der Waals surface area contributed by atoms with E-state index in [1.54, 1.807) is 36.1 Å². The fraction of sp³-hybridized carbons (Fsp3) is 0.143. The van der Waals surface area contributed by atoms with Crippen molar-refractivity contribution in [3.63, 3.8) is 0 Å². The summed E-state index contributed by atoms with van der Waals surface area (Å²) in [5, 5.41) is 2.90. The molecule has 1 aliphatic rings. The zero-order valence-corrected chi connectivity index (χ0v) is 14.9. The van der Waals surface area contributed by atoms with Crippen molar-refractivity contribution in [1.82, 2.24) is 4.57 Å². The van der Waals surface area contributed by atoms with Crippen LogP contribution in [0.15, 0.2) is 66.9 Å². The molecule has 0 aliphatic carbocycles. The van der Waals surface area contributed by atoms with Gasteiger partial charge in [0.2, 0.25) is 0 Å². The van der Waals surface area contributed by atoms with Gasteiger partial charge in [0, 0.05) is 17.6 Å². The predicted octanol–water partition coefficient (Wildman–Crippen LogP) is 4.21. The van der Waals surface area contributed by atoms with Gasteiger partial charge >= 0.3 is 12.0 Å². The standard InChI is InChI=1S/C21H19N3O3/c1-2-27-20(25)15-9-11-16(12-10-15)22-21(26)24-14-17-6-5-13-23(17)18-7-3-4-8-19(18)24/h3-13H,2,14H2,1H3,(H,22,26). The van der Waals surface area contributed by atoms with Crippen LogP contribution in [-0.4, -0.2) is 23.2 Å². The SMILES string of the molecule is CCOC(=O)c1ccc(NC(=O)N2Cc3cccn3-c3ccccc32)cc1. The molecule has 1 aliphatic heterocycles. The third-order valence-corrected chi connectivity index (χ3v) is 4.48. The van der Waals surface area contributed by atoms with Crippen LogP contribution >= 0.6 is 0 Å². The van der Waals surface area contributed by atoms with Crippen molar-refractivity contribution in [2.24, 2.45) is 0 Å². The fourth-order valence-electron chi connectivity index (χ4n) is 3.20. The number of rotatable bonds is 3. The Kier molecular flexibility index (Phi) is 4.38. The molecular formula is C21H19N3O3. The predicted molar refractivity (Wildman–Crippen MR) is 103 cm³/mol. The summed E-state index contributed by atoms with van der Waals surface area (Å²) >= 11 is 0. The fourth-order valence-corrected chi connectivity index (χ4v) is 3.20. The van der Waals surface area contributed by atoms with E-state index in [-0.39, 0.29) is 12.0 Å². The molecular weight excluding hydrogens is 342 g/mol. The topological polar surface area (TPSA) is 63.6 Å². The molecule has 0 atom stereocenters. The maximum atomic E-state index is 12.9. The minimum absolute atomic E-state index is 0.223. The number of amides is 2. The molecule has 0 radical (unpaired) electrons. The molecule has 2 aromatic carbocycles. The third kappa shape index (κ3) is 3.17. The number of carbonyl (C=O) groups excluding carboxylic acids is 2. The van der Waals surface area contributed by atoms with E-state index in [0.29, 0.717) is 24.4 Å². The summed E-state index contributed by atoms with van der Waals surface area (Å²) in [6.07, 6.45) is 2.00. The number of hydrogen-bond donors (Lipinski definition) is 1. The molecule has 4 rings (SSSR count). The normalized spacial score (nSPS) is 12.1. The van der Waals surface area contributed by atoms with Crippen molar-refractivity contribution < 1.29 is 14.3 Å².